The van der Waals surface area contributed by atoms with E-state index in [9.17, 15) is 9.90 Å². The van der Waals surface area contributed by atoms with E-state index >= 15 is 0 Å². The molecule has 0 amide bonds. The van der Waals surface area contributed by atoms with Gasteiger partial charge in [-0.15, -0.1) is 0 Å². The quantitative estimate of drug-likeness (QED) is 0.709. The number of carbonyl (C=O) groups is 1. The van der Waals surface area contributed by atoms with Gasteiger partial charge in [0.2, 0.25) is 5.78 Å². The first-order valence-electron chi connectivity index (χ1n) is 6.79. The van der Waals surface area contributed by atoms with Gasteiger partial charge < -0.3 is 10.1 Å². The number of H-pyrrole nitrogens is 1. The second kappa shape index (κ2) is 4.45. The summed E-state index contributed by atoms with van der Waals surface area (Å²) < 4.78 is 0. The number of nitrogens with one attached hydrogen (secondary N) is 1. The third-order valence-electron chi connectivity index (χ3n) is 3.82. The van der Waals surface area contributed by atoms with E-state index in [0.29, 0.717) is 32.9 Å². The van der Waals surface area contributed by atoms with Crippen LogP contribution in [0.1, 0.15) is 21.6 Å². The van der Waals surface area contributed by atoms with E-state index in [-0.39, 0.29) is 17.2 Å². The molecule has 5 heteroatoms. The predicted molar refractivity (Wildman–Crippen MR) is 86.7 cm³/mol. The second-order valence-electron chi connectivity index (χ2n) is 5.35. The maximum Gasteiger partial charge on any atom is 0.215 e. The highest BCUT2D eigenvalue weighted by atomic mass is 35.5. The van der Waals surface area contributed by atoms with Crippen molar-refractivity contribution < 1.29 is 9.90 Å². The van der Waals surface area contributed by atoms with Crippen molar-refractivity contribution in [3.63, 3.8) is 0 Å². The summed E-state index contributed by atoms with van der Waals surface area (Å²) in [4.78, 5) is 19.9. The molecule has 108 valence electrons. The first-order chi connectivity index (χ1) is 10.5. The molecule has 0 atom stereocenters. The fourth-order valence-electron chi connectivity index (χ4n) is 2.72. The topological polar surface area (TPSA) is 65.4 Å². The summed E-state index contributed by atoms with van der Waals surface area (Å²) >= 11 is 5.96. The Bertz CT molecular complexity index is 986. The van der Waals surface area contributed by atoms with Crippen LogP contribution in [0.2, 0.25) is 5.02 Å². The van der Waals surface area contributed by atoms with Gasteiger partial charge in [0.15, 0.2) is 5.75 Å². The average Bonchev–Trinajstić information content (AvgIpc) is 2.96. The van der Waals surface area contributed by atoms with Crippen LogP contribution in [-0.2, 0) is 0 Å². The number of hydrogen-bond acceptors (Lipinski definition) is 3. The summed E-state index contributed by atoms with van der Waals surface area (Å²) in [5.41, 5.74) is 3.45. The van der Waals surface area contributed by atoms with Gasteiger partial charge in [-0.25, -0.2) is 4.99 Å². The lowest BCUT2D eigenvalue weighted by Crippen LogP contribution is -2.11. The highest BCUT2D eigenvalue weighted by Gasteiger charge is 2.29. The number of carbonyl (C=O) groups excluding carboxylic acids is 1. The van der Waals surface area contributed by atoms with E-state index in [0.717, 1.165) is 5.56 Å². The van der Waals surface area contributed by atoms with Crippen LogP contribution in [0, 0.1) is 6.92 Å². The number of halogens is 1. The molecule has 2 N–H and O–H groups in total. The summed E-state index contributed by atoms with van der Waals surface area (Å²) in [5, 5.41) is 11.6. The molecule has 4 rings (SSSR count). The van der Waals surface area contributed by atoms with E-state index in [4.69, 9.17) is 11.6 Å². The molecule has 0 radical (unpaired) electrons. The minimum atomic E-state index is -0.192. The van der Waals surface area contributed by atoms with E-state index in [1.165, 1.54) is 0 Å². The van der Waals surface area contributed by atoms with Crippen molar-refractivity contribution in [1.82, 2.24) is 4.98 Å². The van der Waals surface area contributed by atoms with Crippen LogP contribution in [0.5, 0.6) is 5.75 Å². The van der Waals surface area contributed by atoms with E-state index in [1.807, 2.05) is 19.1 Å². The van der Waals surface area contributed by atoms with Crippen LogP contribution in [0.25, 0.3) is 10.9 Å². The van der Waals surface area contributed by atoms with Gasteiger partial charge in [-0.2, -0.15) is 0 Å². The molecule has 0 fully saturated rings. The lowest BCUT2D eigenvalue weighted by molar-refractivity contribution is 0.107. The van der Waals surface area contributed by atoms with Crippen LogP contribution in [0.4, 0.5) is 5.69 Å². The zero-order valence-corrected chi connectivity index (χ0v) is 12.4. The van der Waals surface area contributed by atoms with Crippen molar-refractivity contribution in [1.29, 1.82) is 0 Å². The molecule has 0 unspecified atom stereocenters. The molecule has 2 heterocycles. The number of rotatable bonds is 1. The van der Waals surface area contributed by atoms with Crippen molar-refractivity contribution in [2.24, 2.45) is 4.99 Å². The zero-order valence-electron chi connectivity index (χ0n) is 11.6. The molecule has 1 aliphatic heterocycles. The lowest BCUT2D eigenvalue weighted by Gasteiger charge is -1.97. The Hall–Kier alpha value is -2.59. The number of benzene rings is 2. The van der Waals surface area contributed by atoms with Gasteiger partial charge in [0.05, 0.1) is 11.2 Å². The monoisotopic (exact) mass is 310 g/mol. The van der Waals surface area contributed by atoms with Crippen molar-refractivity contribution in [3.05, 3.63) is 58.2 Å². The Balaban J connectivity index is 1.92. The minimum absolute atomic E-state index is 0.0169. The summed E-state index contributed by atoms with van der Waals surface area (Å²) in [6.07, 6.45) is 0. The molecular weight excluding hydrogens is 300 g/mol. The van der Waals surface area contributed by atoms with Crippen molar-refractivity contribution in [2.75, 3.05) is 0 Å². The zero-order chi connectivity index (χ0) is 15.4. The molecule has 0 spiro atoms. The third kappa shape index (κ3) is 1.77. The highest BCUT2D eigenvalue weighted by Crippen LogP contribution is 2.36. The largest absolute Gasteiger partial charge is 0.505 e. The second-order valence-corrected chi connectivity index (χ2v) is 5.79. The lowest BCUT2D eigenvalue weighted by atomic mass is 10.0. The van der Waals surface area contributed by atoms with Gasteiger partial charge in [0.1, 0.15) is 11.4 Å². The normalized spacial score (nSPS) is 13.5. The SMILES string of the molecule is Cc1ccc2c(c1)N=C(c1[nH]c3cc(Cl)ccc3c1O)C2=O. The van der Waals surface area contributed by atoms with Crippen molar-refractivity contribution in [2.45, 2.75) is 6.92 Å². The summed E-state index contributed by atoms with van der Waals surface area (Å²) in [6, 6.07) is 10.6. The van der Waals surface area contributed by atoms with Gasteiger partial charge >= 0.3 is 0 Å². The number of aliphatic imine (C=N–C) groups is 1. The van der Waals surface area contributed by atoms with Crippen LogP contribution in [0.3, 0.4) is 0 Å². The molecule has 1 aromatic heterocycles. The van der Waals surface area contributed by atoms with Gasteiger partial charge in [-0.05, 0) is 42.8 Å². The Morgan fingerprint density at radius 1 is 1.18 bits per heavy atom. The molecule has 3 aromatic rings. The van der Waals surface area contributed by atoms with E-state index in [2.05, 4.69) is 9.98 Å². The number of ketones is 1. The standard InChI is InChI=1S/C17H11ClN2O2/c1-8-2-4-10-12(6-8)19-14(16(10)21)15-17(22)11-5-3-9(18)7-13(11)20-15/h2-7,20,22H,1H3. The molecule has 2 aromatic carbocycles. The smallest absolute Gasteiger partial charge is 0.215 e. The Labute approximate surface area is 131 Å². The first-order valence-corrected chi connectivity index (χ1v) is 7.17. The predicted octanol–water partition coefficient (Wildman–Crippen LogP) is 4.15. The maximum atomic E-state index is 12.5. The van der Waals surface area contributed by atoms with Crippen LogP contribution >= 0.6 is 11.6 Å². The summed E-state index contributed by atoms with van der Waals surface area (Å²) in [6.45, 7) is 1.95. The molecule has 22 heavy (non-hydrogen) atoms. The number of hydrogen-bond donors (Lipinski definition) is 2. The average molecular weight is 311 g/mol. The maximum absolute atomic E-state index is 12.5. The number of aromatic hydroxyl groups is 1. The fourth-order valence-corrected chi connectivity index (χ4v) is 2.89. The van der Waals surface area contributed by atoms with Gasteiger partial charge in [0, 0.05) is 16.0 Å². The van der Waals surface area contributed by atoms with Crippen molar-refractivity contribution in [3.8, 4) is 5.75 Å². The van der Waals surface area contributed by atoms with Gasteiger partial charge in [0.25, 0.3) is 0 Å². The number of nitrogens with zero attached hydrogens (tertiary/aromatic N) is 1. The van der Waals surface area contributed by atoms with E-state index < -0.39 is 0 Å². The first kappa shape index (κ1) is 13.1. The van der Waals surface area contributed by atoms with Crippen LogP contribution in [0.15, 0.2) is 41.4 Å². The van der Waals surface area contributed by atoms with Gasteiger partial charge in [-0.1, -0.05) is 17.7 Å². The Morgan fingerprint density at radius 2 is 2.00 bits per heavy atom. The molecule has 4 nitrogen and oxygen atoms in total. The summed E-state index contributed by atoms with van der Waals surface area (Å²) in [5.74, 6) is -0.175. The molecule has 0 aliphatic carbocycles. The van der Waals surface area contributed by atoms with Crippen LogP contribution in [-0.4, -0.2) is 21.6 Å². The number of aromatic nitrogens is 1. The highest BCUT2D eigenvalue weighted by molar-refractivity contribution is 6.55. The number of aromatic amines is 1. The summed E-state index contributed by atoms with van der Waals surface area (Å²) in [7, 11) is 0. The minimum Gasteiger partial charge on any atom is -0.505 e. The Kier molecular flexibility index (Phi) is 2.65. The molecule has 0 saturated heterocycles. The molecular formula is C17H11ClN2O2. The number of Topliss-reactive ketones (excluding diaryl/α,β-unsaturated/α-hetero) is 1. The van der Waals surface area contributed by atoms with E-state index in [1.54, 1.807) is 24.3 Å². The Morgan fingerprint density at radius 3 is 2.82 bits per heavy atom. The molecule has 1 aliphatic rings. The number of aryl methyl sites for hydroxylation is 1. The number of fused-ring (bicyclic) bond motifs is 2. The molecule has 0 saturated carbocycles. The van der Waals surface area contributed by atoms with Crippen LogP contribution < -0.4 is 0 Å². The molecule has 0 bridgehead atoms. The van der Waals surface area contributed by atoms with Crippen molar-refractivity contribution >= 4 is 39.7 Å². The fraction of sp³-hybridized carbons (Fsp3) is 0.0588. The van der Waals surface area contributed by atoms with Gasteiger partial charge in [-0.3, -0.25) is 4.79 Å². The third-order valence-corrected chi connectivity index (χ3v) is 4.05.